The highest BCUT2D eigenvalue weighted by atomic mass is 16.4. The molecule has 2 rings (SSSR count). The number of likely N-dealkylation sites (tertiary alicyclic amines) is 2. The summed E-state index contributed by atoms with van der Waals surface area (Å²) in [7, 11) is 0. The molecule has 9 amide bonds. The van der Waals surface area contributed by atoms with Gasteiger partial charge < -0.3 is 80.0 Å². The number of amides is 9. The molecule has 0 aliphatic carbocycles. The normalized spacial score (nSPS) is 18.8. The van der Waals surface area contributed by atoms with Crippen LogP contribution >= 0.6 is 0 Å². The van der Waals surface area contributed by atoms with E-state index >= 15 is 0 Å². The second-order valence-corrected chi connectivity index (χ2v) is 17.9. The third-order valence-electron chi connectivity index (χ3n) is 11.3. The third-order valence-corrected chi connectivity index (χ3v) is 11.3. The van der Waals surface area contributed by atoms with E-state index in [1.807, 2.05) is 13.8 Å². The number of aliphatic hydroxyl groups is 2. The number of hydrogen-bond donors (Lipinski definition) is 13. The molecule has 2 saturated heterocycles. The van der Waals surface area contributed by atoms with Crippen LogP contribution in [0.4, 0.5) is 0 Å². The Labute approximate surface area is 395 Å². The van der Waals surface area contributed by atoms with Gasteiger partial charge in [0.05, 0.1) is 13.2 Å². The number of aliphatic carboxylic acids is 1. The van der Waals surface area contributed by atoms with Crippen molar-refractivity contribution in [3.63, 3.8) is 0 Å². The molecule has 0 bridgehead atoms. The van der Waals surface area contributed by atoms with Crippen LogP contribution in [0, 0.1) is 11.8 Å². The molecule has 26 nitrogen and oxygen atoms in total. The zero-order valence-electron chi connectivity index (χ0n) is 39.5. The largest absolute Gasteiger partial charge is 0.480 e. The van der Waals surface area contributed by atoms with Crippen LogP contribution in [0.1, 0.15) is 98.8 Å². The highest BCUT2D eigenvalue weighted by molar-refractivity contribution is 5.98. The lowest BCUT2D eigenvalue weighted by atomic mass is 10.0. The quantitative estimate of drug-likeness (QED) is 0.0198. The van der Waals surface area contributed by atoms with Crippen molar-refractivity contribution in [3.05, 3.63) is 0 Å². The molecule has 68 heavy (non-hydrogen) atoms. The van der Waals surface area contributed by atoms with Gasteiger partial charge in [0.25, 0.3) is 0 Å². The van der Waals surface area contributed by atoms with E-state index in [4.69, 9.17) is 22.9 Å². The summed E-state index contributed by atoms with van der Waals surface area (Å²) in [5.41, 5.74) is 21.9. The van der Waals surface area contributed by atoms with Crippen LogP contribution in [0.2, 0.25) is 0 Å². The second kappa shape index (κ2) is 28.2. The van der Waals surface area contributed by atoms with Gasteiger partial charge in [-0.15, -0.1) is 0 Å². The van der Waals surface area contributed by atoms with E-state index < -0.39 is 127 Å². The van der Waals surface area contributed by atoms with Crippen molar-refractivity contribution in [1.82, 2.24) is 41.7 Å². The van der Waals surface area contributed by atoms with Crippen molar-refractivity contribution in [2.45, 2.75) is 153 Å². The highest BCUT2D eigenvalue weighted by Crippen LogP contribution is 2.27. The molecular weight excluding hydrogens is 895 g/mol. The summed E-state index contributed by atoms with van der Waals surface area (Å²) < 4.78 is 0. The van der Waals surface area contributed by atoms with Crippen molar-refractivity contribution in [2.75, 3.05) is 32.8 Å². The number of guanidine groups is 1. The Balaban J connectivity index is 2.28. The smallest absolute Gasteiger partial charge is 0.328 e. The lowest BCUT2D eigenvalue weighted by Crippen LogP contribution is -2.60. The number of nitrogens with two attached hydrogens (primary N) is 4. The maximum atomic E-state index is 14.2. The van der Waals surface area contributed by atoms with E-state index in [9.17, 15) is 63.3 Å². The predicted octanol–water partition coefficient (Wildman–Crippen LogP) is -5.30. The van der Waals surface area contributed by atoms with Crippen molar-refractivity contribution in [1.29, 1.82) is 0 Å². The van der Waals surface area contributed by atoms with Gasteiger partial charge >= 0.3 is 5.97 Å². The van der Waals surface area contributed by atoms with E-state index in [-0.39, 0.29) is 82.4 Å². The molecule has 0 unspecified atom stereocenters. The molecule has 9 atom stereocenters. The molecule has 0 spiro atoms. The summed E-state index contributed by atoms with van der Waals surface area (Å²) in [4.78, 5) is 138. The zero-order chi connectivity index (χ0) is 51.4. The molecule has 26 heteroatoms. The lowest BCUT2D eigenvalue weighted by molar-refractivity contribution is -0.148. The minimum absolute atomic E-state index is 0.0245. The van der Waals surface area contributed by atoms with Gasteiger partial charge in [0.1, 0.15) is 54.4 Å². The first-order valence-electron chi connectivity index (χ1n) is 22.9. The number of aliphatic hydroxyl groups excluding tert-OH is 2. The molecule has 2 aliphatic rings. The van der Waals surface area contributed by atoms with Crippen LogP contribution in [0.3, 0.4) is 0 Å². The van der Waals surface area contributed by atoms with Crippen LogP contribution in [0.25, 0.3) is 0 Å². The van der Waals surface area contributed by atoms with E-state index in [1.165, 1.54) is 16.7 Å². The van der Waals surface area contributed by atoms with Gasteiger partial charge in [-0.05, 0) is 76.5 Å². The minimum Gasteiger partial charge on any atom is -0.480 e. The van der Waals surface area contributed by atoms with Crippen molar-refractivity contribution in [2.24, 2.45) is 39.8 Å². The second-order valence-electron chi connectivity index (χ2n) is 17.9. The van der Waals surface area contributed by atoms with E-state index in [0.29, 0.717) is 19.3 Å². The Morgan fingerprint density at radius 1 is 0.618 bits per heavy atom. The summed E-state index contributed by atoms with van der Waals surface area (Å²) in [5.74, 6) is -8.79. The van der Waals surface area contributed by atoms with E-state index in [0.717, 1.165) is 0 Å². The van der Waals surface area contributed by atoms with Gasteiger partial charge in [0.15, 0.2) is 5.96 Å². The molecule has 0 aromatic heterocycles. The molecule has 2 fully saturated rings. The fraction of sp³-hybridized carbons (Fsp3) is 0.738. The fourth-order valence-corrected chi connectivity index (χ4v) is 7.74. The Kier molecular flexibility index (Phi) is 24.1. The summed E-state index contributed by atoms with van der Waals surface area (Å²) in [5, 5.41) is 42.9. The number of aliphatic imine (C=N–C) groups is 1. The summed E-state index contributed by atoms with van der Waals surface area (Å²) in [6, 6.07) is -11.4. The van der Waals surface area contributed by atoms with E-state index in [2.05, 4.69) is 36.9 Å². The van der Waals surface area contributed by atoms with Gasteiger partial charge in [0, 0.05) is 26.1 Å². The maximum absolute atomic E-state index is 14.2. The van der Waals surface area contributed by atoms with Crippen LogP contribution in [0.5, 0.6) is 0 Å². The van der Waals surface area contributed by atoms with Gasteiger partial charge in [-0.3, -0.25) is 48.1 Å². The number of hydrogen-bond acceptors (Lipinski definition) is 14. The van der Waals surface area contributed by atoms with Gasteiger partial charge in [-0.25, -0.2) is 4.79 Å². The van der Waals surface area contributed by atoms with Crippen LogP contribution in [-0.4, -0.2) is 177 Å². The van der Waals surface area contributed by atoms with Gasteiger partial charge in [-0.2, -0.15) is 0 Å². The average Bonchev–Trinajstić information content (AvgIpc) is 3.97. The first-order valence-corrected chi connectivity index (χ1v) is 22.9. The molecule has 0 aromatic carbocycles. The third kappa shape index (κ3) is 18.5. The average molecular weight is 968 g/mol. The maximum Gasteiger partial charge on any atom is 0.328 e. The van der Waals surface area contributed by atoms with Crippen molar-refractivity contribution in [3.8, 4) is 0 Å². The Morgan fingerprint density at radius 3 is 1.69 bits per heavy atom. The zero-order valence-corrected chi connectivity index (χ0v) is 39.5. The number of nitrogens with zero attached hydrogens (tertiary/aromatic N) is 3. The molecule has 0 aromatic rings. The fourth-order valence-electron chi connectivity index (χ4n) is 7.74. The SMILES string of the molecule is CC(C)C[C@H](NC(=O)[C@H](C)NC(=O)[C@H](CCCN=C(N)N)NC(=O)[C@@H]1CCCN1C(=O)[C@@H]1CCCN1C(=O)[C@H](CC(C)C)NC(=O)[C@@H](N)CO)C(=O)N[C@@H](CCC(N)=O)C(=O)N[C@@H](CO)C(=O)O. The Hall–Kier alpha value is -6.15. The van der Waals surface area contributed by atoms with Crippen LogP contribution in [-0.2, 0) is 47.9 Å². The summed E-state index contributed by atoms with van der Waals surface area (Å²) in [6.45, 7) is 7.40. The number of carboxylic acid groups (broad SMARTS) is 1. The number of carboxylic acids is 1. The predicted molar refractivity (Wildman–Crippen MR) is 244 cm³/mol. The molecule has 0 radical (unpaired) electrons. The molecule has 2 aliphatic heterocycles. The number of primary amides is 1. The topological polar surface area (TPSA) is 426 Å². The van der Waals surface area contributed by atoms with Crippen molar-refractivity contribution >= 4 is 65.1 Å². The first-order chi connectivity index (χ1) is 31.9. The molecule has 384 valence electrons. The standard InChI is InChI=1S/C42H73N13O13/c1-21(2)17-27(37(63)49-26(12-13-32(44)58)36(62)53-29(20-57)41(67)68)51-33(59)23(5)48-35(61)25(9-6-14-47-42(45)46)50-38(64)30-10-7-15-54(30)40(66)31-11-8-16-55(31)39(65)28(18-22(3)4)52-34(60)24(43)19-56/h21-31,56-57H,6-20,43H2,1-5H3,(H2,44,58)(H,48,61)(H,49,63)(H,50,64)(H,51,59)(H,52,60)(H,53,62)(H,67,68)(H4,45,46,47)/t23-,24-,25-,26-,27-,28-,29-,30-,31-/m0/s1. The first kappa shape index (κ1) is 58.0. The van der Waals surface area contributed by atoms with Crippen LogP contribution in [0.15, 0.2) is 4.99 Å². The number of nitrogens with one attached hydrogen (secondary N) is 6. The Morgan fingerprint density at radius 2 is 1.13 bits per heavy atom. The van der Waals surface area contributed by atoms with Crippen LogP contribution < -0.4 is 54.8 Å². The molecular formula is C42H73N13O13. The van der Waals surface area contributed by atoms with E-state index in [1.54, 1.807) is 13.8 Å². The van der Waals surface area contributed by atoms with Gasteiger partial charge in [0.2, 0.25) is 53.2 Å². The molecule has 17 N–H and O–H groups in total. The summed E-state index contributed by atoms with van der Waals surface area (Å²) >= 11 is 0. The number of carbonyl (C=O) groups is 10. The monoisotopic (exact) mass is 968 g/mol. The molecule has 0 saturated carbocycles. The van der Waals surface area contributed by atoms with Gasteiger partial charge in [-0.1, -0.05) is 27.7 Å². The molecule has 2 heterocycles. The lowest BCUT2D eigenvalue weighted by Gasteiger charge is -2.34. The van der Waals surface area contributed by atoms with Crippen molar-refractivity contribution < 1.29 is 63.3 Å². The highest BCUT2D eigenvalue weighted by Gasteiger charge is 2.44. The number of rotatable bonds is 28. The Bertz CT molecular complexity index is 1830. The summed E-state index contributed by atoms with van der Waals surface area (Å²) in [6.07, 6.45) is 1.14. The minimum atomic E-state index is -1.72. The number of carbonyl (C=O) groups excluding carboxylic acids is 9.